The minimum absolute atomic E-state index is 0.202. The zero-order chi connectivity index (χ0) is 12.9. The van der Waals surface area contributed by atoms with Crippen molar-refractivity contribution in [3.8, 4) is 0 Å². The van der Waals surface area contributed by atoms with Crippen molar-refractivity contribution in [2.24, 2.45) is 0 Å². The van der Waals surface area contributed by atoms with E-state index in [1.54, 1.807) is 24.3 Å². The van der Waals surface area contributed by atoms with E-state index >= 15 is 0 Å². The molecule has 1 spiro atoms. The Bertz CT molecular complexity index is 548. The van der Waals surface area contributed by atoms with Gasteiger partial charge in [0.05, 0.1) is 5.75 Å². The average Bonchev–Trinajstić information content (AvgIpc) is 2.90. The number of carboxylic acid groups (broad SMARTS) is 1. The number of benzene rings is 1. The van der Waals surface area contributed by atoms with Crippen LogP contribution in [0.2, 0.25) is 0 Å². The van der Waals surface area contributed by atoms with Gasteiger partial charge in [-0.25, -0.2) is 0 Å². The molecule has 0 amide bonds. The van der Waals surface area contributed by atoms with Gasteiger partial charge < -0.3 is 15.2 Å². The van der Waals surface area contributed by atoms with Crippen molar-refractivity contribution in [3.63, 3.8) is 0 Å². The molecule has 0 saturated carbocycles. The first-order valence-electron chi connectivity index (χ1n) is 5.46. The Labute approximate surface area is 107 Å². The number of ketones is 2. The number of carboxylic acids is 1. The molecular formula is C12H9NO4S. The van der Waals surface area contributed by atoms with Crippen LogP contribution in [0.4, 0.5) is 0 Å². The number of thioether (sulfide) groups is 1. The van der Waals surface area contributed by atoms with Gasteiger partial charge in [-0.05, 0) is 0 Å². The van der Waals surface area contributed by atoms with Crippen LogP contribution < -0.4 is 10.4 Å². The fourth-order valence-corrected chi connectivity index (χ4v) is 3.82. The normalized spacial score (nSPS) is 24.6. The molecular weight excluding hydrogens is 254 g/mol. The standard InChI is InChI=1S/C12H9NO4S/c14-9-6-3-1-2-4-7(6)10(15)12(9)13-8(5-18-12)11(16)17/h1-4,8,13H,5H2,(H,16,17)/t8-/m1/s1. The summed E-state index contributed by atoms with van der Waals surface area (Å²) in [6.45, 7) is 0. The highest BCUT2D eigenvalue weighted by atomic mass is 32.2. The Morgan fingerprint density at radius 3 is 2.28 bits per heavy atom. The fraction of sp³-hybridized carbons (Fsp3) is 0.250. The number of carbonyl (C=O) groups excluding carboxylic acids is 3. The maximum Gasteiger partial charge on any atom is 0.271 e. The third-order valence-electron chi connectivity index (χ3n) is 3.32. The van der Waals surface area contributed by atoms with Gasteiger partial charge in [0.25, 0.3) is 4.87 Å². The summed E-state index contributed by atoms with van der Waals surface area (Å²) in [7, 11) is 0. The van der Waals surface area contributed by atoms with Crippen LogP contribution in [0.1, 0.15) is 20.7 Å². The molecule has 1 heterocycles. The molecule has 6 heteroatoms. The minimum atomic E-state index is -1.34. The number of Topliss-reactive ketones (excluding diaryl/α,β-unsaturated/α-hetero) is 2. The van der Waals surface area contributed by atoms with Crippen molar-refractivity contribution in [1.82, 2.24) is 0 Å². The Kier molecular flexibility index (Phi) is 2.33. The summed E-state index contributed by atoms with van der Waals surface area (Å²) < 4.78 is 0. The molecule has 0 unspecified atom stereocenters. The molecule has 1 saturated heterocycles. The monoisotopic (exact) mass is 263 g/mol. The number of fused-ring (bicyclic) bond motifs is 1. The van der Waals surface area contributed by atoms with E-state index in [-0.39, 0.29) is 17.3 Å². The molecule has 2 N–H and O–H groups in total. The fourth-order valence-electron chi connectivity index (χ4n) is 2.40. The number of hydrogen-bond donors (Lipinski definition) is 1. The van der Waals surface area contributed by atoms with Crippen LogP contribution in [0, 0.1) is 0 Å². The van der Waals surface area contributed by atoms with Crippen LogP contribution in [0.3, 0.4) is 0 Å². The summed E-state index contributed by atoms with van der Waals surface area (Å²) in [6.07, 6.45) is 0. The summed E-state index contributed by atoms with van der Waals surface area (Å²) in [5.41, 5.74) is 0.760. The van der Waals surface area contributed by atoms with E-state index in [0.29, 0.717) is 11.1 Å². The van der Waals surface area contributed by atoms with Crippen molar-refractivity contribution < 1.29 is 24.8 Å². The third-order valence-corrected chi connectivity index (χ3v) is 4.81. The number of nitrogens with two attached hydrogens (primary N) is 1. The van der Waals surface area contributed by atoms with Gasteiger partial charge in [0.15, 0.2) is 0 Å². The van der Waals surface area contributed by atoms with Gasteiger partial charge in [-0.3, -0.25) is 9.59 Å². The lowest BCUT2D eigenvalue weighted by Crippen LogP contribution is -3.02. The highest BCUT2D eigenvalue weighted by Gasteiger charge is 2.61. The second-order valence-electron chi connectivity index (χ2n) is 4.34. The van der Waals surface area contributed by atoms with Gasteiger partial charge >= 0.3 is 0 Å². The average molecular weight is 263 g/mol. The number of carbonyl (C=O) groups is 3. The molecule has 1 aliphatic carbocycles. The molecule has 5 nitrogen and oxygen atoms in total. The van der Waals surface area contributed by atoms with E-state index < -0.39 is 16.9 Å². The summed E-state index contributed by atoms with van der Waals surface area (Å²) >= 11 is 1.09. The van der Waals surface area contributed by atoms with E-state index in [0.717, 1.165) is 11.8 Å². The zero-order valence-corrected chi connectivity index (χ0v) is 10.0. The lowest BCUT2D eigenvalue weighted by atomic mass is 10.1. The first-order valence-corrected chi connectivity index (χ1v) is 6.44. The van der Waals surface area contributed by atoms with Crippen LogP contribution >= 0.6 is 11.8 Å². The highest BCUT2D eigenvalue weighted by Crippen LogP contribution is 2.37. The molecule has 1 atom stereocenters. The van der Waals surface area contributed by atoms with Gasteiger partial charge in [-0.2, -0.15) is 0 Å². The smallest absolute Gasteiger partial charge is 0.271 e. The second kappa shape index (κ2) is 3.66. The van der Waals surface area contributed by atoms with E-state index in [9.17, 15) is 19.5 Å². The molecule has 1 aromatic carbocycles. The quantitative estimate of drug-likeness (QED) is 0.603. The lowest BCUT2D eigenvalue weighted by Gasteiger charge is -2.16. The van der Waals surface area contributed by atoms with E-state index in [2.05, 4.69) is 0 Å². The highest BCUT2D eigenvalue weighted by molar-refractivity contribution is 8.02. The summed E-state index contributed by atoms with van der Waals surface area (Å²) in [5, 5.41) is 12.2. The van der Waals surface area contributed by atoms with Crippen LogP contribution in [-0.4, -0.2) is 34.2 Å². The molecule has 92 valence electrons. The van der Waals surface area contributed by atoms with Crippen molar-refractivity contribution in [2.45, 2.75) is 10.9 Å². The van der Waals surface area contributed by atoms with Crippen LogP contribution in [0.25, 0.3) is 0 Å². The number of rotatable bonds is 1. The van der Waals surface area contributed by atoms with Crippen molar-refractivity contribution >= 4 is 29.3 Å². The second-order valence-corrected chi connectivity index (χ2v) is 5.61. The zero-order valence-electron chi connectivity index (χ0n) is 9.21. The van der Waals surface area contributed by atoms with Crippen LogP contribution in [0.5, 0.6) is 0 Å². The van der Waals surface area contributed by atoms with Crippen molar-refractivity contribution in [2.75, 3.05) is 5.75 Å². The summed E-state index contributed by atoms with van der Waals surface area (Å²) in [5.74, 6) is -1.65. The van der Waals surface area contributed by atoms with E-state index in [1.807, 2.05) is 0 Å². The first kappa shape index (κ1) is 11.4. The SMILES string of the molecule is O=C([O-])[C@H]1CSC2([NH2+]1)C(=O)c1ccccc1C2=O. The Morgan fingerprint density at radius 1 is 1.28 bits per heavy atom. The molecule has 1 aliphatic heterocycles. The summed E-state index contributed by atoms with van der Waals surface area (Å²) in [4.78, 5) is 34.1. The topological polar surface area (TPSA) is 90.9 Å². The number of quaternary nitrogens is 1. The third kappa shape index (κ3) is 1.30. The lowest BCUT2D eigenvalue weighted by molar-refractivity contribution is -0.689. The molecule has 0 aromatic heterocycles. The molecule has 3 rings (SSSR count). The van der Waals surface area contributed by atoms with Crippen molar-refractivity contribution in [3.05, 3.63) is 35.4 Å². The molecule has 0 bridgehead atoms. The van der Waals surface area contributed by atoms with E-state index in [1.165, 1.54) is 5.32 Å². The maximum atomic E-state index is 12.3. The Morgan fingerprint density at radius 2 is 1.83 bits per heavy atom. The van der Waals surface area contributed by atoms with Gasteiger partial charge in [0.1, 0.15) is 12.0 Å². The largest absolute Gasteiger partial charge is 0.544 e. The number of aliphatic carboxylic acids is 1. The maximum absolute atomic E-state index is 12.3. The predicted molar refractivity (Wildman–Crippen MR) is 61.0 cm³/mol. The van der Waals surface area contributed by atoms with Crippen LogP contribution in [0.15, 0.2) is 24.3 Å². The molecule has 1 fully saturated rings. The molecule has 0 radical (unpaired) electrons. The van der Waals surface area contributed by atoms with Gasteiger partial charge in [0.2, 0.25) is 11.6 Å². The first-order chi connectivity index (χ1) is 8.56. The molecule has 2 aliphatic rings. The number of hydrogen-bond acceptors (Lipinski definition) is 5. The van der Waals surface area contributed by atoms with Gasteiger partial charge in [-0.1, -0.05) is 36.0 Å². The van der Waals surface area contributed by atoms with Gasteiger partial charge in [0, 0.05) is 11.1 Å². The Hall–Kier alpha value is -1.66. The minimum Gasteiger partial charge on any atom is -0.544 e. The van der Waals surface area contributed by atoms with E-state index in [4.69, 9.17) is 0 Å². The molecule has 18 heavy (non-hydrogen) atoms. The molecule has 1 aromatic rings. The summed E-state index contributed by atoms with van der Waals surface area (Å²) in [6, 6.07) is 5.74. The van der Waals surface area contributed by atoms with Gasteiger partial charge in [-0.15, -0.1) is 0 Å². The Balaban J connectivity index is 2.05. The van der Waals surface area contributed by atoms with Crippen molar-refractivity contribution in [1.29, 1.82) is 0 Å². The predicted octanol–water partition coefficient (Wildman–Crippen LogP) is -1.81. The van der Waals surface area contributed by atoms with Crippen LogP contribution in [-0.2, 0) is 4.79 Å².